The minimum Gasteiger partial charge on any atom is -0.145 e. The molecule has 14 heavy (non-hydrogen) atoms. The van der Waals surface area contributed by atoms with Crippen LogP contribution in [0.15, 0.2) is 23.4 Å². The summed E-state index contributed by atoms with van der Waals surface area (Å²) >= 11 is 0. The normalized spacial score (nSPS) is 11.0. The van der Waals surface area contributed by atoms with E-state index in [1.165, 1.54) is 11.1 Å². The topological polar surface area (TPSA) is 29.4 Å². The Morgan fingerprint density at radius 2 is 1.36 bits per heavy atom. The van der Waals surface area contributed by atoms with Gasteiger partial charge in [0, 0.05) is 0 Å². The van der Waals surface area contributed by atoms with E-state index in [4.69, 9.17) is 0 Å². The van der Waals surface area contributed by atoms with Gasteiger partial charge in [0.15, 0.2) is 0 Å². The minimum atomic E-state index is 0.439. The van der Waals surface area contributed by atoms with Gasteiger partial charge in [-0.1, -0.05) is 33.8 Å². The van der Waals surface area contributed by atoms with Crippen LogP contribution in [0.1, 0.15) is 50.7 Å². The van der Waals surface area contributed by atoms with Crippen LogP contribution in [0.5, 0.6) is 0 Å². The zero-order valence-corrected chi connectivity index (χ0v) is 9.24. The molecule has 2 heteroatoms. The molecule has 0 atom stereocenters. The number of benzene rings is 1. The fourth-order valence-corrected chi connectivity index (χ4v) is 1.38. The van der Waals surface area contributed by atoms with Gasteiger partial charge < -0.3 is 0 Å². The van der Waals surface area contributed by atoms with Gasteiger partial charge >= 0.3 is 0 Å². The van der Waals surface area contributed by atoms with Crippen LogP contribution < -0.4 is 0 Å². The first-order valence-corrected chi connectivity index (χ1v) is 5.02. The lowest BCUT2D eigenvalue weighted by Crippen LogP contribution is -1.92. The van der Waals surface area contributed by atoms with Gasteiger partial charge in [-0.3, -0.25) is 0 Å². The molecule has 0 heterocycles. The number of nitroso groups, excluding NO2 is 1. The van der Waals surface area contributed by atoms with E-state index in [1.807, 2.05) is 12.1 Å². The number of hydrogen-bond acceptors (Lipinski definition) is 2. The number of hydrogen-bond donors (Lipinski definition) is 0. The SMILES string of the molecule is CC(C)c1cc(N=O)cc(C(C)C)c1. The van der Waals surface area contributed by atoms with Gasteiger partial charge in [-0.15, -0.1) is 4.91 Å². The Labute approximate surface area is 85.3 Å². The van der Waals surface area contributed by atoms with Gasteiger partial charge in [0.25, 0.3) is 0 Å². The summed E-state index contributed by atoms with van der Waals surface area (Å²) in [5.74, 6) is 0.878. The first kappa shape index (κ1) is 10.9. The molecule has 0 aliphatic rings. The predicted molar refractivity (Wildman–Crippen MR) is 60.1 cm³/mol. The Morgan fingerprint density at radius 1 is 0.929 bits per heavy atom. The van der Waals surface area contributed by atoms with Gasteiger partial charge in [-0.2, -0.15) is 0 Å². The van der Waals surface area contributed by atoms with Crippen LogP contribution in [0.3, 0.4) is 0 Å². The lowest BCUT2D eigenvalue weighted by Gasteiger charge is -2.11. The summed E-state index contributed by atoms with van der Waals surface area (Å²) in [6.45, 7) is 8.48. The summed E-state index contributed by atoms with van der Waals surface area (Å²) in [5, 5.41) is 3.01. The quantitative estimate of drug-likeness (QED) is 0.654. The highest BCUT2D eigenvalue weighted by atomic mass is 16.3. The molecule has 0 aromatic heterocycles. The fourth-order valence-electron chi connectivity index (χ4n) is 1.38. The second-order valence-electron chi connectivity index (χ2n) is 4.26. The fraction of sp³-hybridized carbons (Fsp3) is 0.500. The van der Waals surface area contributed by atoms with Gasteiger partial charge in [0.1, 0.15) is 5.69 Å². The molecule has 0 unspecified atom stereocenters. The van der Waals surface area contributed by atoms with Crippen LogP contribution in [0.25, 0.3) is 0 Å². The monoisotopic (exact) mass is 191 g/mol. The standard InChI is InChI=1S/C12H17NO/c1-8(2)10-5-11(9(3)4)7-12(6-10)13-14/h5-9H,1-4H3. The van der Waals surface area contributed by atoms with Crippen molar-refractivity contribution in [3.05, 3.63) is 34.2 Å². The zero-order chi connectivity index (χ0) is 10.7. The first-order chi connectivity index (χ1) is 6.54. The third kappa shape index (κ3) is 2.41. The molecular weight excluding hydrogens is 174 g/mol. The van der Waals surface area contributed by atoms with E-state index in [1.54, 1.807) is 0 Å². The molecule has 0 saturated heterocycles. The zero-order valence-electron chi connectivity index (χ0n) is 9.24. The summed E-state index contributed by atoms with van der Waals surface area (Å²) in [4.78, 5) is 10.5. The second kappa shape index (κ2) is 4.36. The Morgan fingerprint density at radius 3 is 1.64 bits per heavy atom. The summed E-state index contributed by atoms with van der Waals surface area (Å²) in [7, 11) is 0. The van der Waals surface area contributed by atoms with E-state index in [9.17, 15) is 4.91 Å². The van der Waals surface area contributed by atoms with Gasteiger partial charge in [-0.25, -0.2) is 0 Å². The maximum atomic E-state index is 10.5. The van der Waals surface area contributed by atoms with E-state index in [0.29, 0.717) is 17.5 Å². The Bertz CT molecular complexity index is 303. The average molecular weight is 191 g/mol. The van der Waals surface area contributed by atoms with Crippen molar-refractivity contribution in [2.45, 2.75) is 39.5 Å². The highest BCUT2D eigenvalue weighted by molar-refractivity contribution is 5.45. The highest BCUT2D eigenvalue weighted by Crippen LogP contribution is 2.27. The molecular formula is C12H17NO. The predicted octanol–water partition coefficient (Wildman–Crippen LogP) is 4.33. The van der Waals surface area contributed by atoms with E-state index >= 15 is 0 Å². The molecule has 0 N–H and O–H groups in total. The van der Waals surface area contributed by atoms with E-state index in [2.05, 4.69) is 38.9 Å². The molecule has 2 nitrogen and oxygen atoms in total. The molecule has 0 aliphatic carbocycles. The van der Waals surface area contributed by atoms with Crippen molar-refractivity contribution in [2.75, 3.05) is 0 Å². The molecule has 0 aliphatic heterocycles. The summed E-state index contributed by atoms with van der Waals surface area (Å²) in [6, 6.07) is 5.89. The summed E-state index contributed by atoms with van der Waals surface area (Å²) < 4.78 is 0. The third-order valence-electron chi connectivity index (χ3n) is 2.40. The first-order valence-electron chi connectivity index (χ1n) is 5.02. The van der Waals surface area contributed by atoms with E-state index in [0.717, 1.165) is 0 Å². The largest absolute Gasteiger partial charge is 0.145 e. The molecule has 0 saturated carbocycles. The van der Waals surface area contributed by atoms with Crippen molar-refractivity contribution >= 4 is 5.69 Å². The molecule has 0 spiro atoms. The maximum absolute atomic E-state index is 10.5. The third-order valence-corrected chi connectivity index (χ3v) is 2.40. The van der Waals surface area contributed by atoms with Crippen LogP contribution >= 0.6 is 0 Å². The van der Waals surface area contributed by atoms with Crippen molar-refractivity contribution in [3.8, 4) is 0 Å². The van der Waals surface area contributed by atoms with Crippen molar-refractivity contribution < 1.29 is 0 Å². The second-order valence-corrected chi connectivity index (χ2v) is 4.26. The van der Waals surface area contributed by atoms with Crippen LogP contribution in [0, 0.1) is 4.91 Å². The molecule has 1 aromatic rings. The van der Waals surface area contributed by atoms with Crippen LogP contribution in [-0.4, -0.2) is 0 Å². The van der Waals surface area contributed by atoms with Crippen LogP contribution in [-0.2, 0) is 0 Å². The Kier molecular flexibility index (Phi) is 3.39. The van der Waals surface area contributed by atoms with Gasteiger partial charge in [-0.05, 0) is 40.3 Å². The molecule has 0 bridgehead atoms. The van der Waals surface area contributed by atoms with Gasteiger partial charge in [0.2, 0.25) is 0 Å². The number of rotatable bonds is 3. The van der Waals surface area contributed by atoms with Crippen molar-refractivity contribution in [2.24, 2.45) is 5.18 Å². The smallest absolute Gasteiger partial charge is 0.108 e. The van der Waals surface area contributed by atoms with Crippen molar-refractivity contribution in [3.63, 3.8) is 0 Å². The lowest BCUT2D eigenvalue weighted by molar-refractivity contribution is 0.834. The lowest BCUT2D eigenvalue weighted by atomic mass is 9.95. The molecule has 76 valence electrons. The number of nitrogens with zero attached hydrogens (tertiary/aromatic N) is 1. The molecule has 1 aromatic carbocycles. The molecule has 1 rings (SSSR count). The van der Waals surface area contributed by atoms with Gasteiger partial charge in [0.05, 0.1) is 0 Å². The average Bonchev–Trinajstić information content (AvgIpc) is 2.16. The minimum absolute atomic E-state index is 0.439. The van der Waals surface area contributed by atoms with Crippen LogP contribution in [0.2, 0.25) is 0 Å². The van der Waals surface area contributed by atoms with E-state index in [-0.39, 0.29) is 0 Å². The van der Waals surface area contributed by atoms with E-state index < -0.39 is 0 Å². The van der Waals surface area contributed by atoms with Crippen LogP contribution in [0.4, 0.5) is 5.69 Å². The van der Waals surface area contributed by atoms with Crippen molar-refractivity contribution in [1.82, 2.24) is 0 Å². The summed E-state index contributed by atoms with van der Waals surface area (Å²) in [6.07, 6.45) is 0. The van der Waals surface area contributed by atoms with Crippen molar-refractivity contribution in [1.29, 1.82) is 0 Å². The molecule has 0 fully saturated rings. The Hall–Kier alpha value is -1.18. The maximum Gasteiger partial charge on any atom is 0.108 e. The molecule has 0 radical (unpaired) electrons. The highest BCUT2D eigenvalue weighted by Gasteiger charge is 2.07. The Balaban J connectivity index is 3.20. The molecule has 0 amide bonds. The summed E-state index contributed by atoms with van der Waals surface area (Å²) in [5.41, 5.74) is 2.91.